The van der Waals surface area contributed by atoms with Gasteiger partial charge in [-0.2, -0.15) is 0 Å². The van der Waals surface area contributed by atoms with E-state index in [1.807, 2.05) is 0 Å². The fraction of sp³-hybridized carbons (Fsp3) is 0.500. The molecular formula is C12H13Cl3O3S. The van der Waals surface area contributed by atoms with Gasteiger partial charge in [0.1, 0.15) is 0 Å². The second-order valence-corrected chi connectivity index (χ2v) is 8.20. The molecule has 0 spiro atoms. The van der Waals surface area contributed by atoms with Crippen LogP contribution in [0.25, 0.3) is 0 Å². The maximum absolute atomic E-state index is 11.6. The molecule has 3 nitrogen and oxygen atoms in total. The molecule has 1 aromatic carbocycles. The van der Waals surface area contributed by atoms with Gasteiger partial charge in [0.15, 0.2) is 0 Å². The number of hydrogen-bond donors (Lipinski definition) is 0. The Morgan fingerprint density at radius 1 is 1.26 bits per heavy atom. The Balaban J connectivity index is 2.25. The molecular weight excluding hydrogens is 331 g/mol. The van der Waals surface area contributed by atoms with Crippen LogP contribution in [-0.2, 0) is 20.2 Å². The molecule has 2 rings (SSSR count). The Morgan fingerprint density at radius 2 is 1.89 bits per heavy atom. The van der Waals surface area contributed by atoms with E-state index in [1.54, 1.807) is 18.2 Å². The van der Waals surface area contributed by atoms with Crippen molar-refractivity contribution in [2.45, 2.75) is 18.1 Å². The fourth-order valence-electron chi connectivity index (χ4n) is 2.33. The third kappa shape index (κ3) is 3.76. The summed E-state index contributed by atoms with van der Waals surface area (Å²) < 4.78 is 28.6. The lowest BCUT2D eigenvalue weighted by atomic mass is 9.93. The first-order valence-electron chi connectivity index (χ1n) is 5.83. The highest BCUT2D eigenvalue weighted by Crippen LogP contribution is 2.32. The highest BCUT2D eigenvalue weighted by molar-refractivity contribution is 8.14. The van der Waals surface area contributed by atoms with E-state index in [0.29, 0.717) is 36.1 Å². The highest BCUT2D eigenvalue weighted by Gasteiger charge is 2.35. The van der Waals surface area contributed by atoms with Gasteiger partial charge in [-0.1, -0.05) is 29.3 Å². The third-order valence-electron chi connectivity index (χ3n) is 3.29. The Labute approximate surface area is 127 Å². The van der Waals surface area contributed by atoms with E-state index < -0.39 is 14.3 Å². The molecule has 106 valence electrons. The maximum atomic E-state index is 11.6. The van der Waals surface area contributed by atoms with Crippen molar-refractivity contribution in [2.75, 3.05) is 13.2 Å². The van der Waals surface area contributed by atoms with Crippen LogP contribution < -0.4 is 0 Å². The normalized spacial score (nSPS) is 24.4. The van der Waals surface area contributed by atoms with Crippen LogP contribution >= 0.6 is 33.9 Å². The summed E-state index contributed by atoms with van der Waals surface area (Å²) in [5, 5.41) is 0.447. The molecule has 1 heterocycles. The highest BCUT2D eigenvalue weighted by atomic mass is 35.7. The number of hydrogen-bond acceptors (Lipinski definition) is 3. The van der Waals surface area contributed by atoms with Gasteiger partial charge >= 0.3 is 0 Å². The SMILES string of the molecule is O=S(=O)(Cl)C1CCOCC1Cc1c(Cl)cccc1Cl. The van der Waals surface area contributed by atoms with Crippen LogP contribution in [0.2, 0.25) is 10.0 Å². The van der Waals surface area contributed by atoms with Crippen molar-refractivity contribution in [3.63, 3.8) is 0 Å². The Bertz CT molecular complexity index is 539. The Hall–Kier alpha value is -0.000000000000000167. The molecule has 0 N–H and O–H groups in total. The molecule has 2 unspecified atom stereocenters. The third-order valence-corrected chi connectivity index (χ3v) is 6.03. The fourth-order valence-corrected chi connectivity index (χ4v) is 4.60. The summed E-state index contributed by atoms with van der Waals surface area (Å²) in [6, 6.07) is 5.22. The smallest absolute Gasteiger partial charge is 0.235 e. The minimum atomic E-state index is -3.61. The molecule has 2 atom stereocenters. The van der Waals surface area contributed by atoms with Crippen molar-refractivity contribution in [3.05, 3.63) is 33.8 Å². The van der Waals surface area contributed by atoms with E-state index in [4.69, 9.17) is 38.6 Å². The van der Waals surface area contributed by atoms with Gasteiger partial charge < -0.3 is 4.74 Å². The molecule has 0 saturated carbocycles. The average molecular weight is 344 g/mol. The van der Waals surface area contributed by atoms with Crippen molar-refractivity contribution in [1.29, 1.82) is 0 Å². The van der Waals surface area contributed by atoms with E-state index in [2.05, 4.69) is 0 Å². The van der Waals surface area contributed by atoms with E-state index in [-0.39, 0.29) is 5.92 Å². The zero-order valence-electron chi connectivity index (χ0n) is 9.98. The first-order valence-corrected chi connectivity index (χ1v) is 8.96. The van der Waals surface area contributed by atoms with Gasteiger partial charge in [0.2, 0.25) is 9.05 Å². The minimum absolute atomic E-state index is 0.228. The molecule has 0 radical (unpaired) electrons. The van der Waals surface area contributed by atoms with E-state index >= 15 is 0 Å². The van der Waals surface area contributed by atoms with Crippen LogP contribution in [0.15, 0.2) is 18.2 Å². The van der Waals surface area contributed by atoms with Gasteiger partial charge in [-0.05, 0) is 30.5 Å². The van der Waals surface area contributed by atoms with Crippen molar-refractivity contribution in [1.82, 2.24) is 0 Å². The Kier molecular flexibility index (Phi) is 5.01. The van der Waals surface area contributed by atoms with Gasteiger partial charge in [0.05, 0.1) is 11.9 Å². The predicted octanol–water partition coefficient (Wildman–Crippen LogP) is 3.51. The molecule has 1 aliphatic rings. The molecule has 1 aliphatic heterocycles. The average Bonchev–Trinajstić information content (AvgIpc) is 2.33. The first kappa shape index (κ1) is 15.4. The molecule has 0 bridgehead atoms. The quantitative estimate of drug-likeness (QED) is 0.789. The molecule has 1 saturated heterocycles. The van der Waals surface area contributed by atoms with Crippen LogP contribution in [-0.4, -0.2) is 26.9 Å². The number of halogens is 3. The minimum Gasteiger partial charge on any atom is -0.381 e. The number of benzene rings is 1. The van der Waals surface area contributed by atoms with Crippen LogP contribution in [0.5, 0.6) is 0 Å². The lowest BCUT2D eigenvalue weighted by molar-refractivity contribution is 0.0577. The summed E-state index contributed by atoms with van der Waals surface area (Å²) in [4.78, 5) is 0. The Morgan fingerprint density at radius 3 is 2.47 bits per heavy atom. The summed E-state index contributed by atoms with van der Waals surface area (Å²) >= 11 is 12.2. The monoisotopic (exact) mass is 342 g/mol. The standard InChI is InChI=1S/C12H13Cl3O3S/c13-10-2-1-3-11(14)9(10)6-8-7-18-5-4-12(8)19(15,16)17/h1-3,8,12H,4-7H2. The van der Waals surface area contributed by atoms with E-state index in [1.165, 1.54) is 0 Å². The van der Waals surface area contributed by atoms with Crippen molar-refractivity contribution >= 4 is 42.9 Å². The number of rotatable bonds is 3. The molecule has 7 heteroatoms. The van der Waals surface area contributed by atoms with Gasteiger partial charge in [0.25, 0.3) is 0 Å². The number of ether oxygens (including phenoxy) is 1. The summed E-state index contributed by atoms with van der Waals surface area (Å²) in [6.45, 7) is 0.752. The van der Waals surface area contributed by atoms with Crippen LogP contribution in [0.3, 0.4) is 0 Å². The largest absolute Gasteiger partial charge is 0.381 e. The van der Waals surface area contributed by atoms with E-state index in [0.717, 1.165) is 5.56 Å². The van der Waals surface area contributed by atoms with Gasteiger partial charge in [-0.3, -0.25) is 0 Å². The maximum Gasteiger partial charge on any atom is 0.235 e. The second-order valence-electron chi connectivity index (χ2n) is 4.54. The molecule has 0 amide bonds. The first-order chi connectivity index (χ1) is 8.89. The van der Waals surface area contributed by atoms with Crippen molar-refractivity contribution in [2.24, 2.45) is 5.92 Å². The summed E-state index contributed by atoms with van der Waals surface area (Å²) in [6.07, 6.45) is 0.841. The molecule has 0 aliphatic carbocycles. The van der Waals surface area contributed by atoms with Gasteiger partial charge in [0, 0.05) is 33.3 Å². The zero-order valence-corrected chi connectivity index (χ0v) is 13.1. The van der Waals surface area contributed by atoms with Gasteiger partial charge in [-0.15, -0.1) is 0 Å². The summed E-state index contributed by atoms with van der Waals surface area (Å²) in [7, 11) is 1.89. The second kappa shape index (κ2) is 6.19. The lowest BCUT2D eigenvalue weighted by Crippen LogP contribution is -2.37. The molecule has 1 aromatic rings. The van der Waals surface area contributed by atoms with Crippen LogP contribution in [0, 0.1) is 5.92 Å². The topological polar surface area (TPSA) is 43.4 Å². The lowest BCUT2D eigenvalue weighted by Gasteiger charge is -2.29. The molecule has 0 aromatic heterocycles. The molecule has 1 fully saturated rings. The summed E-state index contributed by atoms with van der Waals surface area (Å²) in [5.41, 5.74) is 0.742. The zero-order chi connectivity index (χ0) is 14.0. The molecule has 19 heavy (non-hydrogen) atoms. The van der Waals surface area contributed by atoms with Crippen LogP contribution in [0.1, 0.15) is 12.0 Å². The van der Waals surface area contributed by atoms with Crippen molar-refractivity contribution in [3.8, 4) is 0 Å². The van der Waals surface area contributed by atoms with Crippen molar-refractivity contribution < 1.29 is 13.2 Å². The predicted molar refractivity (Wildman–Crippen MR) is 77.7 cm³/mol. The summed E-state index contributed by atoms with van der Waals surface area (Å²) in [5.74, 6) is -0.228. The van der Waals surface area contributed by atoms with Crippen LogP contribution in [0.4, 0.5) is 0 Å². The van der Waals surface area contributed by atoms with E-state index in [9.17, 15) is 8.42 Å². The van der Waals surface area contributed by atoms with Gasteiger partial charge in [-0.25, -0.2) is 8.42 Å².